The number of nitrogens with one attached hydrogen (secondary N) is 1. The maximum Gasteiger partial charge on any atom is 0.291 e. The van der Waals surface area contributed by atoms with E-state index in [4.69, 9.17) is 9.15 Å². The number of carbonyl (C=O) groups excluding carboxylic acids is 1. The highest BCUT2D eigenvalue weighted by Gasteiger charge is 2.19. The first kappa shape index (κ1) is 15.2. The fourth-order valence-corrected chi connectivity index (χ4v) is 2.61. The standard InChI is InChI=1S/C19H19NO3/c1-11-6-5-7-16(12(11)2)20-19(21)18-13(3)15-10-14(22-4)8-9-17(15)23-18/h5-10H,1-4H3,(H,20,21). The van der Waals surface area contributed by atoms with Gasteiger partial charge in [0.05, 0.1) is 7.11 Å². The summed E-state index contributed by atoms with van der Waals surface area (Å²) in [5, 5.41) is 3.82. The third kappa shape index (κ3) is 2.68. The summed E-state index contributed by atoms with van der Waals surface area (Å²) in [6.45, 7) is 5.88. The summed E-state index contributed by atoms with van der Waals surface area (Å²) in [5.74, 6) is 0.823. The molecular formula is C19H19NO3. The first-order chi connectivity index (χ1) is 11.0. The van der Waals surface area contributed by atoms with Gasteiger partial charge in [0, 0.05) is 16.6 Å². The Balaban J connectivity index is 1.98. The van der Waals surface area contributed by atoms with Gasteiger partial charge in [0.15, 0.2) is 5.76 Å². The summed E-state index contributed by atoms with van der Waals surface area (Å²) in [7, 11) is 1.62. The number of hydrogen-bond donors (Lipinski definition) is 1. The van der Waals surface area contributed by atoms with Gasteiger partial charge in [0.1, 0.15) is 11.3 Å². The highest BCUT2D eigenvalue weighted by atomic mass is 16.5. The predicted octanol–water partition coefficient (Wildman–Crippen LogP) is 4.62. The quantitative estimate of drug-likeness (QED) is 0.768. The number of fused-ring (bicyclic) bond motifs is 1. The number of ether oxygens (including phenoxy) is 1. The van der Waals surface area contributed by atoms with Crippen molar-refractivity contribution in [3.8, 4) is 5.75 Å². The van der Waals surface area contributed by atoms with Crippen molar-refractivity contribution in [2.45, 2.75) is 20.8 Å². The minimum atomic E-state index is -0.244. The smallest absolute Gasteiger partial charge is 0.291 e. The first-order valence-electron chi connectivity index (χ1n) is 7.46. The van der Waals surface area contributed by atoms with Gasteiger partial charge in [-0.3, -0.25) is 4.79 Å². The number of anilines is 1. The molecule has 0 unspecified atom stereocenters. The van der Waals surface area contributed by atoms with Crippen LogP contribution < -0.4 is 10.1 Å². The number of rotatable bonds is 3. The summed E-state index contributed by atoms with van der Waals surface area (Å²) in [6.07, 6.45) is 0. The first-order valence-corrected chi connectivity index (χ1v) is 7.46. The Kier molecular flexibility index (Phi) is 3.82. The molecule has 0 saturated heterocycles. The van der Waals surface area contributed by atoms with Crippen molar-refractivity contribution in [1.82, 2.24) is 0 Å². The molecule has 1 aromatic heterocycles. The Morgan fingerprint density at radius 2 is 1.87 bits per heavy atom. The maximum atomic E-state index is 12.6. The van der Waals surface area contributed by atoms with Gasteiger partial charge in [-0.05, 0) is 56.2 Å². The van der Waals surface area contributed by atoms with Crippen molar-refractivity contribution in [3.05, 3.63) is 58.8 Å². The Morgan fingerprint density at radius 3 is 2.61 bits per heavy atom. The van der Waals surface area contributed by atoms with Gasteiger partial charge in [-0.25, -0.2) is 0 Å². The third-order valence-electron chi connectivity index (χ3n) is 4.20. The van der Waals surface area contributed by atoms with Crippen LogP contribution in [0.15, 0.2) is 40.8 Å². The van der Waals surface area contributed by atoms with Crippen molar-refractivity contribution < 1.29 is 13.9 Å². The third-order valence-corrected chi connectivity index (χ3v) is 4.20. The molecule has 0 aliphatic carbocycles. The lowest BCUT2D eigenvalue weighted by atomic mass is 10.1. The zero-order valence-electron chi connectivity index (χ0n) is 13.7. The van der Waals surface area contributed by atoms with Crippen molar-refractivity contribution in [1.29, 1.82) is 0 Å². The molecular weight excluding hydrogens is 290 g/mol. The summed E-state index contributed by atoms with van der Waals surface area (Å²) in [5.41, 5.74) is 4.47. The molecule has 0 spiro atoms. The lowest BCUT2D eigenvalue weighted by Crippen LogP contribution is -2.13. The Morgan fingerprint density at radius 1 is 1.09 bits per heavy atom. The second-order valence-corrected chi connectivity index (χ2v) is 5.62. The number of benzene rings is 2. The average Bonchev–Trinajstić information content (AvgIpc) is 2.88. The lowest BCUT2D eigenvalue weighted by molar-refractivity contribution is 0.0998. The number of hydrogen-bond acceptors (Lipinski definition) is 3. The van der Waals surface area contributed by atoms with E-state index in [9.17, 15) is 4.79 Å². The molecule has 1 N–H and O–H groups in total. The molecule has 4 heteroatoms. The van der Waals surface area contributed by atoms with E-state index in [-0.39, 0.29) is 5.91 Å². The van der Waals surface area contributed by atoms with Crippen molar-refractivity contribution in [2.75, 3.05) is 12.4 Å². The van der Waals surface area contributed by atoms with E-state index in [0.29, 0.717) is 11.3 Å². The van der Waals surface area contributed by atoms with Crippen LogP contribution in [-0.2, 0) is 0 Å². The highest BCUT2D eigenvalue weighted by molar-refractivity contribution is 6.06. The average molecular weight is 309 g/mol. The van der Waals surface area contributed by atoms with Crippen molar-refractivity contribution in [2.24, 2.45) is 0 Å². The molecule has 2 aromatic carbocycles. The fraction of sp³-hybridized carbons (Fsp3) is 0.211. The molecule has 118 valence electrons. The summed E-state index contributed by atoms with van der Waals surface area (Å²) < 4.78 is 11.0. The Bertz CT molecular complexity index is 893. The zero-order valence-corrected chi connectivity index (χ0v) is 13.7. The van der Waals surface area contributed by atoms with Gasteiger partial charge in [-0.2, -0.15) is 0 Å². The number of aryl methyl sites for hydroxylation is 2. The number of furan rings is 1. The topological polar surface area (TPSA) is 51.5 Å². The maximum absolute atomic E-state index is 12.6. The Labute approximate surface area is 135 Å². The fourth-order valence-electron chi connectivity index (χ4n) is 2.61. The van der Waals surface area contributed by atoms with Crippen LogP contribution in [0, 0.1) is 20.8 Å². The Hall–Kier alpha value is -2.75. The van der Waals surface area contributed by atoms with Crippen molar-refractivity contribution >= 4 is 22.6 Å². The molecule has 23 heavy (non-hydrogen) atoms. The van der Waals surface area contributed by atoms with E-state index in [0.717, 1.165) is 33.5 Å². The molecule has 0 bridgehead atoms. The number of methoxy groups -OCH3 is 1. The largest absolute Gasteiger partial charge is 0.497 e. The molecule has 0 radical (unpaired) electrons. The van der Waals surface area contributed by atoms with Gasteiger partial charge >= 0.3 is 0 Å². The van der Waals surface area contributed by atoms with Crippen LogP contribution >= 0.6 is 0 Å². The molecule has 0 fully saturated rings. The lowest BCUT2D eigenvalue weighted by Gasteiger charge is -2.09. The van der Waals surface area contributed by atoms with Gasteiger partial charge < -0.3 is 14.5 Å². The SMILES string of the molecule is COc1ccc2oc(C(=O)Nc3cccc(C)c3C)c(C)c2c1. The van der Waals surface area contributed by atoms with Crippen molar-refractivity contribution in [3.63, 3.8) is 0 Å². The zero-order chi connectivity index (χ0) is 16.6. The van der Waals surface area contributed by atoms with Gasteiger partial charge in [0.25, 0.3) is 5.91 Å². The molecule has 0 saturated carbocycles. The van der Waals surface area contributed by atoms with Gasteiger partial charge in [-0.1, -0.05) is 12.1 Å². The minimum Gasteiger partial charge on any atom is -0.497 e. The molecule has 3 aromatic rings. The molecule has 4 nitrogen and oxygen atoms in total. The van der Waals surface area contributed by atoms with Crippen LogP contribution in [0.3, 0.4) is 0 Å². The second-order valence-electron chi connectivity index (χ2n) is 5.62. The van der Waals surface area contributed by atoms with Crippen LogP contribution in [0.2, 0.25) is 0 Å². The predicted molar refractivity (Wildman–Crippen MR) is 91.4 cm³/mol. The molecule has 3 rings (SSSR count). The van der Waals surface area contributed by atoms with Gasteiger partial charge in [0.2, 0.25) is 0 Å². The normalized spacial score (nSPS) is 10.8. The summed E-state index contributed by atoms with van der Waals surface area (Å²) in [4.78, 5) is 12.6. The summed E-state index contributed by atoms with van der Waals surface area (Å²) >= 11 is 0. The number of amides is 1. The van der Waals surface area contributed by atoms with Crippen LogP contribution in [0.4, 0.5) is 5.69 Å². The molecule has 0 aliphatic heterocycles. The molecule has 1 amide bonds. The molecule has 0 atom stereocenters. The van der Waals surface area contributed by atoms with E-state index >= 15 is 0 Å². The van der Waals surface area contributed by atoms with Crippen LogP contribution in [0.25, 0.3) is 11.0 Å². The van der Waals surface area contributed by atoms with Crippen LogP contribution in [0.5, 0.6) is 5.75 Å². The number of carbonyl (C=O) groups is 1. The van der Waals surface area contributed by atoms with Crippen LogP contribution in [-0.4, -0.2) is 13.0 Å². The van der Waals surface area contributed by atoms with E-state index < -0.39 is 0 Å². The van der Waals surface area contributed by atoms with Crippen LogP contribution in [0.1, 0.15) is 27.2 Å². The molecule has 1 heterocycles. The highest BCUT2D eigenvalue weighted by Crippen LogP contribution is 2.29. The van der Waals surface area contributed by atoms with E-state index in [1.165, 1.54) is 0 Å². The molecule has 0 aliphatic rings. The summed E-state index contributed by atoms with van der Waals surface area (Å²) in [6, 6.07) is 11.3. The van der Waals surface area contributed by atoms with Gasteiger partial charge in [-0.15, -0.1) is 0 Å². The minimum absolute atomic E-state index is 0.244. The van der Waals surface area contributed by atoms with E-state index in [1.54, 1.807) is 7.11 Å². The monoisotopic (exact) mass is 309 g/mol. The van der Waals surface area contributed by atoms with E-state index in [2.05, 4.69) is 5.32 Å². The van der Waals surface area contributed by atoms with E-state index in [1.807, 2.05) is 57.2 Å². The second kappa shape index (κ2) is 5.80.